The van der Waals surface area contributed by atoms with E-state index in [0.717, 1.165) is 36.9 Å². The van der Waals surface area contributed by atoms with Crippen LogP contribution in [0.1, 0.15) is 49.0 Å². The Morgan fingerprint density at radius 2 is 2.04 bits per heavy atom. The van der Waals surface area contributed by atoms with Gasteiger partial charge in [0.25, 0.3) is 5.91 Å². The Labute approximate surface area is 136 Å². The molecular formula is C18H24N2O3. The number of hydrogen-bond donors (Lipinski definition) is 1. The minimum absolute atomic E-state index is 0.0142. The molecule has 2 aliphatic rings. The molecule has 0 aromatic heterocycles. The van der Waals surface area contributed by atoms with E-state index in [1.165, 1.54) is 0 Å². The monoisotopic (exact) mass is 316 g/mol. The molecule has 3 rings (SSSR count). The van der Waals surface area contributed by atoms with Gasteiger partial charge in [-0.2, -0.15) is 0 Å². The Kier molecular flexibility index (Phi) is 4.39. The number of likely N-dealkylation sites (tertiary alicyclic amines) is 1. The highest BCUT2D eigenvalue weighted by Crippen LogP contribution is 2.30. The number of benzene rings is 1. The first kappa shape index (κ1) is 16.0. The van der Waals surface area contributed by atoms with E-state index in [9.17, 15) is 14.7 Å². The number of amides is 2. The zero-order valence-electron chi connectivity index (χ0n) is 13.8. The summed E-state index contributed by atoms with van der Waals surface area (Å²) in [5, 5.41) is 9.96. The van der Waals surface area contributed by atoms with Crippen molar-refractivity contribution in [2.75, 3.05) is 18.0 Å². The van der Waals surface area contributed by atoms with Gasteiger partial charge in [-0.3, -0.25) is 9.59 Å². The fourth-order valence-electron chi connectivity index (χ4n) is 3.74. The minimum atomic E-state index is -0.512. The number of carbonyl (C=O) groups is 2. The number of aliphatic hydroxyl groups excluding tert-OH is 1. The molecule has 5 heteroatoms. The third-order valence-electron chi connectivity index (χ3n) is 4.97. The summed E-state index contributed by atoms with van der Waals surface area (Å²) >= 11 is 0. The van der Waals surface area contributed by atoms with E-state index in [1.807, 2.05) is 17.0 Å². The molecule has 0 bridgehead atoms. The summed E-state index contributed by atoms with van der Waals surface area (Å²) in [6, 6.07) is 5.49. The van der Waals surface area contributed by atoms with E-state index in [1.54, 1.807) is 24.8 Å². The maximum absolute atomic E-state index is 12.9. The van der Waals surface area contributed by atoms with Gasteiger partial charge in [0.15, 0.2) is 0 Å². The average molecular weight is 316 g/mol. The van der Waals surface area contributed by atoms with Gasteiger partial charge in [-0.1, -0.05) is 0 Å². The predicted octanol–water partition coefficient (Wildman–Crippen LogP) is 1.97. The normalized spacial score (nSPS) is 22.0. The number of fused-ring (bicyclic) bond motifs is 1. The smallest absolute Gasteiger partial charge is 0.254 e. The average Bonchev–Trinajstić information content (AvgIpc) is 2.97. The predicted molar refractivity (Wildman–Crippen MR) is 88.5 cm³/mol. The first-order chi connectivity index (χ1) is 11.0. The lowest BCUT2D eigenvalue weighted by atomic mass is 9.96. The molecule has 1 N–H and O–H groups in total. The maximum atomic E-state index is 12.9. The third-order valence-corrected chi connectivity index (χ3v) is 4.97. The van der Waals surface area contributed by atoms with Crippen LogP contribution in [0.5, 0.6) is 0 Å². The second-order valence-electron chi connectivity index (χ2n) is 6.57. The summed E-state index contributed by atoms with van der Waals surface area (Å²) < 4.78 is 0. The van der Waals surface area contributed by atoms with Gasteiger partial charge < -0.3 is 14.9 Å². The van der Waals surface area contributed by atoms with Gasteiger partial charge in [0.05, 0.1) is 12.1 Å². The number of rotatable bonds is 2. The molecule has 0 saturated carbocycles. The van der Waals surface area contributed by atoms with Gasteiger partial charge in [-0.25, -0.2) is 0 Å². The molecule has 0 spiro atoms. The van der Waals surface area contributed by atoms with Crippen molar-refractivity contribution < 1.29 is 14.7 Å². The van der Waals surface area contributed by atoms with Crippen molar-refractivity contribution in [3.8, 4) is 0 Å². The zero-order chi connectivity index (χ0) is 16.6. The molecule has 1 aromatic carbocycles. The van der Waals surface area contributed by atoms with Crippen molar-refractivity contribution in [2.45, 2.75) is 51.7 Å². The van der Waals surface area contributed by atoms with Crippen LogP contribution in [0, 0.1) is 0 Å². The van der Waals surface area contributed by atoms with Crippen LogP contribution in [0.3, 0.4) is 0 Å². The summed E-state index contributed by atoms with van der Waals surface area (Å²) in [5.41, 5.74) is 2.62. The summed E-state index contributed by atoms with van der Waals surface area (Å²) in [4.78, 5) is 28.0. The van der Waals surface area contributed by atoms with E-state index in [-0.39, 0.29) is 17.9 Å². The second kappa shape index (κ2) is 6.32. The lowest BCUT2D eigenvalue weighted by molar-refractivity contribution is -0.116. The molecule has 124 valence electrons. The van der Waals surface area contributed by atoms with Crippen LogP contribution in [0.25, 0.3) is 0 Å². The Morgan fingerprint density at radius 3 is 2.74 bits per heavy atom. The van der Waals surface area contributed by atoms with Crippen LogP contribution in [-0.4, -0.2) is 47.1 Å². The van der Waals surface area contributed by atoms with Crippen molar-refractivity contribution in [2.24, 2.45) is 0 Å². The Balaban J connectivity index is 1.84. The molecule has 23 heavy (non-hydrogen) atoms. The number of aliphatic hydroxyl groups is 1. The molecule has 0 radical (unpaired) electrons. The van der Waals surface area contributed by atoms with Gasteiger partial charge in [-0.15, -0.1) is 0 Å². The van der Waals surface area contributed by atoms with Crippen LogP contribution < -0.4 is 4.90 Å². The lowest BCUT2D eigenvalue weighted by Crippen LogP contribution is -2.48. The second-order valence-corrected chi connectivity index (χ2v) is 6.57. The maximum Gasteiger partial charge on any atom is 0.254 e. The minimum Gasteiger partial charge on any atom is -0.391 e. The number of piperidine rings is 1. The topological polar surface area (TPSA) is 60.9 Å². The highest BCUT2D eigenvalue weighted by Gasteiger charge is 2.31. The van der Waals surface area contributed by atoms with Crippen LogP contribution in [0.4, 0.5) is 5.69 Å². The van der Waals surface area contributed by atoms with Crippen LogP contribution in [-0.2, 0) is 11.2 Å². The highest BCUT2D eigenvalue weighted by molar-refractivity contribution is 5.98. The van der Waals surface area contributed by atoms with Crippen LogP contribution in [0.15, 0.2) is 18.2 Å². The molecule has 1 aromatic rings. The molecule has 2 unspecified atom stereocenters. The van der Waals surface area contributed by atoms with E-state index in [4.69, 9.17) is 0 Å². The van der Waals surface area contributed by atoms with Gasteiger partial charge >= 0.3 is 0 Å². The molecule has 5 nitrogen and oxygen atoms in total. The fourth-order valence-corrected chi connectivity index (χ4v) is 3.74. The Morgan fingerprint density at radius 1 is 1.26 bits per heavy atom. The standard InChI is InChI=1S/C18H24N2O3/c1-12(21)16-5-3-4-9-20(16)18(23)15-6-7-17-14(11-15)8-10-19(17)13(2)22/h6-7,11-12,16,21H,3-5,8-10H2,1-2H3. The largest absolute Gasteiger partial charge is 0.391 e. The molecule has 2 amide bonds. The third kappa shape index (κ3) is 2.98. The van der Waals surface area contributed by atoms with Crippen molar-refractivity contribution >= 4 is 17.5 Å². The van der Waals surface area contributed by atoms with Crippen molar-refractivity contribution in [1.29, 1.82) is 0 Å². The van der Waals surface area contributed by atoms with Crippen molar-refractivity contribution in [3.05, 3.63) is 29.3 Å². The summed E-state index contributed by atoms with van der Waals surface area (Å²) in [6.07, 6.45) is 3.17. The first-order valence-corrected chi connectivity index (χ1v) is 8.39. The van der Waals surface area contributed by atoms with E-state index in [2.05, 4.69) is 0 Å². The van der Waals surface area contributed by atoms with E-state index >= 15 is 0 Å². The van der Waals surface area contributed by atoms with Crippen molar-refractivity contribution in [1.82, 2.24) is 4.90 Å². The number of hydrogen-bond acceptors (Lipinski definition) is 3. The molecule has 2 aliphatic heterocycles. The molecule has 2 atom stereocenters. The molecule has 0 aliphatic carbocycles. The summed E-state index contributed by atoms with van der Waals surface area (Å²) in [7, 11) is 0. The SMILES string of the molecule is CC(=O)N1CCc2cc(C(=O)N3CCCCC3C(C)O)ccc21. The zero-order valence-corrected chi connectivity index (χ0v) is 13.8. The number of nitrogens with zero attached hydrogens (tertiary/aromatic N) is 2. The quantitative estimate of drug-likeness (QED) is 0.907. The number of carbonyl (C=O) groups excluding carboxylic acids is 2. The van der Waals surface area contributed by atoms with Gasteiger partial charge in [-0.05, 0) is 56.4 Å². The van der Waals surface area contributed by atoms with Gasteiger partial charge in [0.2, 0.25) is 5.91 Å². The van der Waals surface area contributed by atoms with Gasteiger partial charge in [0, 0.05) is 31.3 Å². The van der Waals surface area contributed by atoms with E-state index < -0.39 is 6.10 Å². The van der Waals surface area contributed by atoms with Crippen LogP contribution >= 0.6 is 0 Å². The fraction of sp³-hybridized carbons (Fsp3) is 0.556. The highest BCUT2D eigenvalue weighted by atomic mass is 16.3. The Hall–Kier alpha value is -1.88. The molecule has 1 saturated heterocycles. The molecule has 2 heterocycles. The lowest BCUT2D eigenvalue weighted by Gasteiger charge is -2.37. The van der Waals surface area contributed by atoms with E-state index in [0.29, 0.717) is 18.7 Å². The molecular weight excluding hydrogens is 292 g/mol. The van der Waals surface area contributed by atoms with Gasteiger partial charge in [0.1, 0.15) is 0 Å². The van der Waals surface area contributed by atoms with Crippen molar-refractivity contribution in [3.63, 3.8) is 0 Å². The summed E-state index contributed by atoms with van der Waals surface area (Å²) in [6.45, 7) is 4.70. The summed E-state index contributed by atoms with van der Waals surface area (Å²) in [5.74, 6) is 0.0210. The first-order valence-electron chi connectivity index (χ1n) is 8.39. The molecule has 1 fully saturated rings. The van der Waals surface area contributed by atoms with Crippen LogP contribution in [0.2, 0.25) is 0 Å². The Bertz CT molecular complexity index is 627. The number of anilines is 1.